The van der Waals surface area contributed by atoms with E-state index in [-0.39, 0.29) is 0 Å². The Bertz CT molecular complexity index is 4260. The molecule has 2 aromatic heterocycles. The SMILES string of the molecule is [C-]#[N+]c1cc(-c2ccc(-c3ccc(-c4cc(-c5ccc(C#N)cc5)nc(-c5ccc(C#N)cc5)n4)cc3)cc2)ccc1-n1c2ccc(N(c3ccccc3)c3ccccc3)cc2c2cc(N(c3ccccc3)c3ccccc3)ccc21. The molecule has 13 aromatic rings. The zero-order chi connectivity index (χ0) is 54.7. The molecule has 0 fully saturated rings. The third-order valence-electron chi connectivity index (χ3n) is 14.7. The molecule has 8 nitrogen and oxygen atoms in total. The molecule has 0 amide bonds. The van der Waals surface area contributed by atoms with Gasteiger partial charge in [0.05, 0.1) is 57.9 Å². The molecule has 0 radical (unpaired) electrons. The van der Waals surface area contributed by atoms with Gasteiger partial charge in [-0.1, -0.05) is 140 Å². The number of rotatable bonds is 12. The maximum Gasteiger partial charge on any atom is 0.211 e. The fraction of sp³-hybridized carbons (Fsp3) is 0. The van der Waals surface area contributed by atoms with Crippen molar-refractivity contribution in [2.45, 2.75) is 0 Å². The Morgan fingerprint density at radius 3 is 1.10 bits per heavy atom. The summed E-state index contributed by atoms with van der Waals surface area (Å²) >= 11 is 0. The number of benzene rings is 11. The van der Waals surface area contributed by atoms with Gasteiger partial charge in [-0.15, -0.1) is 0 Å². The molecule has 2 heterocycles. The Labute approximate surface area is 469 Å². The summed E-state index contributed by atoms with van der Waals surface area (Å²) in [6, 6.07) is 99.1. The Balaban J connectivity index is 0.859. The van der Waals surface area contributed by atoms with Gasteiger partial charge in [0.1, 0.15) is 0 Å². The van der Waals surface area contributed by atoms with E-state index in [1.807, 2.05) is 60.7 Å². The summed E-state index contributed by atoms with van der Waals surface area (Å²) in [7, 11) is 0. The second-order valence-corrected chi connectivity index (χ2v) is 19.6. The third kappa shape index (κ3) is 9.57. The van der Waals surface area contributed by atoms with E-state index in [9.17, 15) is 10.5 Å². The minimum atomic E-state index is 0.535. The lowest BCUT2D eigenvalue weighted by Gasteiger charge is -2.26. The quantitative estimate of drug-likeness (QED) is 0.113. The molecule has 0 aliphatic carbocycles. The van der Waals surface area contributed by atoms with Crippen molar-refractivity contribution in [1.29, 1.82) is 10.5 Å². The third-order valence-corrected chi connectivity index (χ3v) is 14.7. The summed E-state index contributed by atoms with van der Waals surface area (Å²) in [5, 5.41) is 21.0. The summed E-state index contributed by atoms with van der Waals surface area (Å²) in [6.45, 7) is 8.66. The molecule has 0 saturated carbocycles. The van der Waals surface area contributed by atoms with Gasteiger partial charge in [-0.3, -0.25) is 0 Å². The summed E-state index contributed by atoms with van der Waals surface area (Å²) < 4.78 is 2.25. The van der Waals surface area contributed by atoms with Gasteiger partial charge in [0.2, 0.25) is 5.69 Å². The van der Waals surface area contributed by atoms with Crippen molar-refractivity contribution in [3.8, 4) is 74.0 Å². The summed E-state index contributed by atoms with van der Waals surface area (Å²) in [5.41, 5.74) is 18.8. The van der Waals surface area contributed by atoms with Gasteiger partial charge in [0.25, 0.3) is 0 Å². The molecule has 378 valence electrons. The van der Waals surface area contributed by atoms with Crippen LogP contribution in [0, 0.1) is 29.2 Å². The minimum absolute atomic E-state index is 0.535. The molecule has 0 saturated heterocycles. The van der Waals surface area contributed by atoms with Crippen molar-refractivity contribution < 1.29 is 0 Å². The molecular formula is C73H46N8. The molecule has 0 aliphatic heterocycles. The highest BCUT2D eigenvalue weighted by Crippen LogP contribution is 2.44. The molecule has 81 heavy (non-hydrogen) atoms. The van der Waals surface area contributed by atoms with Gasteiger partial charge >= 0.3 is 0 Å². The first-order chi connectivity index (χ1) is 40.0. The van der Waals surface area contributed by atoms with Crippen LogP contribution in [0.15, 0.2) is 279 Å². The first-order valence-corrected chi connectivity index (χ1v) is 26.5. The van der Waals surface area contributed by atoms with Crippen molar-refractivity contribution in [1.82, 2.24) is 14.5 Å². The van der Waals surface area contributed by atoms with Crippen molar-refractivity contribution in [2.24, 2.45) is 0 Å². The van der Waals surface area contributed by atoms with Gasteiger partial charge in [-0.2, -0.15) is 10.5 Å². The summed E-state index contributed by atoms with van der Waals surface area (Å²) in [6.07, 6.45) is 0. The highest BCUT2D eigenvalue weighted by molar-refractivity contribution is 6.12. The van der Waals surface area contributed by atoms with E-state index < -0.39 is 0 Å². The van der Waals surface area contributed by atoms with Crippen molar-refractivity contribution in [3.05, 3.63) is 302 Å². The first-order valence-electron chi connectivity index (χ1n) is 26.5. The van der Waals surface area contributed by atoms with Crippen LogP contribution in [0.1, 0.15) is 11.1 Å². The normalized spacial score (nSPS) is 10.9. The number of para-hydroxylation sites is 4. The van der Waals surface area contributed by atoms with Crippen LogP contribution in [-0.2, 0) is 0 Å². The van der Waals surface area contributed by atoms with Crippen molar-refractivity contribution in [3.63, 3.8) is 0 Å². The molecule has 0 spiro atoms. The molecular weight excluding hydrogens is 989 g/mol. The van der Waals surface area contributed by atoms with Gasteiger partial charge < -0.3 is 14.4 Å². The Morgan fingerprint density at radius 2 is 0.704 bits per heavy atom. The molecule has 0 bridgehead atoms. The van der Waals surface area contributed by atoms with Gasteiger partial charge in [-0.25, -0.2) is 14.8 Å². The predicted octanol–water partition coefficient (Wildman–Crippen LogP) is 19.1. The number of hydrogen-bond acceptors (Lipinski definition) is 6. The Hall–Kier alpha value is -11.6. The van der Waals surface area contributed by atoms with E-state index >= 15 is 0 Å². The number of hydrogen-bond donors (Lipinski definition) is 0. The number of nitrogens with zero attached hydrogens (tertiary/aromatic N) is 8. The largest absolute Gasteiger partial charge is 0.319 e. The van der Waals surface area contributed by atoms with Crippen LogP contribution < -0.4 is 9.80 Å². The molecule has 0 unspecified atom stereocenters. The lowest BCUT2D eigenvalue weighted by molar-refractivity contribution is 1.18. The Morgan fingerprint density at radius 1 is 0.346 bits per heavy atom. The number of anilines is 6. The van der Waals surface area contributed by atoms with Crippen molar-refractivity contribution in [2.75, 3.05) is 9.80 Å². The number of fused-ring (bicyclic) bond motifs is 3. The monoisotopic (exact) mass is 1030 g/mol. The molecule has 13 rings (SSSR count). The molecule has 0 atom stereocenters. The summed E-state index contributed by atoms with van der Waals surface area (Å²) in [4.78, 5) is 18.7. The van der Waals surface area contributed by atoms with E-state index in [0.29, 0.717) is 22.6 Å². The van der Waals surface area contributed by atoms with Crippen LogP contribution in [0.2, 0.25) is 0 Å². The van der Waals surface area contributed by atoms with Crippen molar-refractivity contribution >= 4 is 61.6 Å². The zero-order valence-corrected chi connectivity index (χ0v) is 43.6. The molecule has 11 aromatic carbocycles. The van der Waals surface area contributed by atoms with E-state index in [1.165, 1.54) is 0 Å². The topological polar surface area (TPSA) is 89.1 Å². The average Bonchev–Trinajstić information content (AvgIpc) is 4.02. The molecule has 0 aliphatic rings. The summed E-state index contributed by atoms with van der Waals surface area (Å²) in [5.74, 6) is 0.535. The standard InChI is InChI=1S/C73H46N8/c1-76-69-44-58(54-32-30-52(31-33-54)53-34-36-56(37-35-53)68-47-67(55-26-22-50(48-74)23-27-55)77-73(78-68)57-28-24-51(49-75)25-29-57)38-41-72(69)81-70-42-39-63(79(59-14-6-2-7-15-59)60-16-8-3-9-17-60)45-65(70)66-46-64(40-43-71(66)81)80(61-18-10-4-11-19-61)62-20-12-5-13-21-62/h2-47H. The van der Waals surface area contributed by atoms with Gasteiger partial charge in [0.15, 0.2) is 5.82 Å². The minimum Gasteiger partial charge on any atom is -0.319 e. The van der Waals surface area contributed by atoms with Gasteiger partial charge in [0, 0.05) is 61.6 Å². The predicted molar refractivity (Wildman–Crippen MR) is 329 cm³/mol. The highest BCUT2D eigenvalue weighted by Gasteiger charge is 2.22. The van der Waals surface area contributed by atoms with Crippen LogP contribution in [-0.4, -0.2) is 14.5 Å². The van der Waals surface area contributed by atoms with Crippen LogP contribution in [0.4, 0.5) is 39.8 Å². The first kappa shape index (κ1) is 49.0. The highest BCUT2D eigenvalue weighted by atomic mass is 15.2. The maximum atomic E-state index is 9.43. The average molecular weight is 1040 g/mol. The Kier molecular flexibility index (Phi) is 12.9. The van der Waals surface area contributed by atoms with Crippen LogP contribution in [0.5, 0.6) is 0 Å². The lowest BCUT2D eigenvalue weighted by atomic mass is 9.98. The maximum absolute atomic E-state index is 9.43. The zero-order valence-electron chi connectivity index (χ0n) is 43.6. The van der Waals surface area contributed by atoms with E-state index in [2.05, 4.69) is 225 Å². The second kappa shape index (κ2) is 21.4. The fourth-order valence-electron chi connectivity index (χ4n) is 10.7. The number of aromatic nitrogens is 3. The van der Waals surface area contributed by atoms with E-state index in [0.717, 1.165) is 112 Å². The second-order valence-electron chi connectivity index (χ2n) is 19.6. The molecule has 8 heteroatoms. The van der Waals surface area contributed by atoms with Crippen LogP contribution in [0.25, 0.3) is 88.5 Å². The van der Waals surface area contributed by atoms with Crippen LogP contribution >= 0.6 is 0 Å². The van der Waals surface area contributed by atoms with Crippen LogP contribution in [0.3, 0.4) is 0 Å². The van der Waals surface area contributed by atoms with Gasteiger partial charge in [-0.05, 0) is 162 Å². The number of nitriles is 2. The fourth-order valence-corrected chi connectivity index (χ4v) is 10.7. The van der Waals surface area contributed by atoms with E-state index in [1.54, 1.807) is 24.3 Å². The van der Waals surface area contributed by atoms with E-state index in [4.69, 9.17) is 16.5 Å². The molecule has 0 N–H and O–H groups in total. The lowest BCUT2D eigenvalue weighted by Crippen LogP contribution is -2.09. The smallest absolute Gasteiger partial charge is 0.211 e.